The Labute approximate surface area is 181 Å². The number of aromatic nitrogens is 3. The monoisotopic (exact) mass is 415 g/mol. The van der Waals surface area contributed by atoms with Gasteiger partial charge in [0.05, 0.1) is 31.2 Å². The summed E-state index contributed by atoms with van der Waals surface area (Å²) in [5, 5.41) is 0.835. The van der Waals surface area contributed by atoms with Gasteiger partial charge in [0, 0.05) is 35.3 Å². The molecule has 0 amide bonds. The van der Waals surface area contributed by atoms with E-state index in [0.717, 1.165) is 33.4 Å². The van der Waals surface area contributed by atoms with Crippen molar-refractivity contribution in [2.75, 3.05) is 20.3 Å². The van der Waals surface area contributed by atoms with E-state index >= 15 is 0 Å². The maximum Gasteiger partial charge on any atom is 0.159 e. The molecule has 0 radical (unpaired) electrons. The Hall–Kier alpha value is -3.51. The molecule has 0 spiro atoms. The Morgan fingerprint density at radius 1 is 0.871 bits per heavy atom. The SMILES string of the molecule is COc1cc(OCCOCc2ccccc2)cc2nc(-c3cc(C)nc(C)c3)ncc12. The molecule has 4 aromatic rings. The molecule has 31 heavy (non-hydrogen) atoms. The number of rotatable bonds is 8. The van der Waals surface area contributed by atoms with Crippen LogP contribution in [0.3, 0.4) is 0 Å². The van der Waals surface area contributed by atoms with E-state index < -0.39 is 0 Å². The molecule has 0 atom stereocenters. The van der Waals surface area contributed by atoms with E-state index in [9.17, 15) is 0 Å². The summed E-state index contributed by atoms with van der Waals surface area (Å²) in [7, 11) is 1.63. The summed E-state index contributed by atoms with van der Waals surface area (Å²) in [4.78, 5) is 13.7. The minimum atomic E-state index is 0.433. The van der Waals surface area contributed by atoms with Gasteiger partial charge in [-0.1, -0.05) is 30.3 Å². The zero-order valence-electron chi connectivity index (χ0n) is 18.0. The number of hydrogen-bond donors (Lipinski definition) is 0. The standard InChI is InChI=1S/C25H25N3O3/c1-17-11-20(12-18(2)27-17)25-26-15-22-23(28-25)13-21(14-24(22)29-3)31-10-9-30-16-19-7-5-4-6-8-19/h4-8,11-15H,9-10,16H2,1-3H3. The molecule has 6 heteroatoms. The maximum atomic E-state index is 5.90. The minimum Gasteiger partial charge on any atom is -0.496 e. The van der Waals surface area contributed by atoms with Gasteiger partial charge in [0.25, 0.3) is 0 Å². The smallest absolute Gasteiger partial charge is 0.159 e. The third-order valence-electron chi connectivity index (χ3n) is 4.80. The fourth-order valence-electron chi connectivity index (χ4n) is 3.42. The summed E-state index contributed by atoms with van der Waals surface area (Å²) in [6.07, 6.45) is 1.79. The van der Waals surface area contributed by atoms with E-state index in [1.807, 2.05) is 68.4 Å². The van der Waals surface area contributed by atoms with Crippen LogP contribution in [0.5, 0.6) is 11.5 Å². The van der Waals surface area contributed by atoms with Crippen molar-refractivity contribution in [2.24, 2.45) is 0 Å². The Morgan fingerprint density at radius 2 is 1.65 bits per heavy atom. The van der Waals surface area contributed by atoms with Crippen molar-refractivity contribution in [1.29, 1.82) is 0 Å². The van der Waals surface area contributed by atoms with Gasteiger partial charge in [0.1, 0.15) is 18.1 Å². The lowest BCUT2D eigenvalue weighted by Crippen LogP contribution is -2.07. The van der Waals surface area contributed by atoms with Crippen LogP contribution in [0.25, 0.3) is 22.3 Å². The highest BCUT2D eigenvalue weighted by Gasteiger charge is 2.11. The molecule has 0 aliphatic heterocycles. The van der Waals surface area contributed by atoms with Crippen molar-refractivity contribution in [3.63, 3.8) is 0 Å². The lowest BCUT2D eigenvalue weighted by Gasteiger charge is -2.12. The normalized spacial score (nSPS) is 10.9. The second-order valence-electron chi connectivity index (χ2n) is 7.28. The summed E-state index contributed by atoms with van der Waals surface area (Å²) in [5.41, 5.74) is 4.71. The second kappa shape index (κ2) is 9.53. The van der Waals surface area contributed by atoms with Gasteiger partial charge in [0.2, 0.25) is 0 Å². The van der Waals surface area contributed by atoms with Gasteiger partial charge >= 0.3 is 0 Å². The first kappa shape index (κ1) is 20.8. The highest BCUT2D eigenvalue weighted by atomic mass is 16.5. The first-order chi connectivity index (χ1) is 15.1. The largest absolute Gasteiger partial charge is 0.496 e. The lowest BCUT2D eigenvalue weighted by molar-refractivity contribution is 0.0889. The number of hydrogen-bond acceptors (Lipinski definition) is 6. The topological polar surface area (TPSA) is 66.4 Å². The fourth-order valence-corrected chi connectivity index (χ4v) is 3.42. The van der Waals surface area contributed by atoms with E-state index in [4.69, 9.17) is 19.2 Å². The van der Waals surface area contributed by atoms with Crippen LogP contribution in [0.15, 0.2) is 60.8 Å². The summed E-state index contributed by atoms with van der Waals surface area (Å²) in [5.74, 6) is 2.00. The Bertz CT molecular complexity index is 1160. The Kier molecular flexibility index (Phi) is 6.38. The first-order valence-electron chi connectivity index (χ1n) is 10.2. The van der Waals surface area contributed by atoms with Crippen LogP contribution in [0.2, 0.25) is 0 Å². The van der Waals surface area contributed by atoms with Gasteiger partial charge in [0.15, 0.2) is 5.82 Å². The zero-order chi connectivity index (χ0) is 21.6. The van der Waals surface area contributed by atoms with Crippen molar-refractivity contribution in [3.8, 4) is 22.9 Å². The molecule has 0 unspecified atom stereocenters. The van der Waals surface area contributed by atoms with Crippen LogP contribution in [-0.2, 0) is 11.3 Å². The molecule has 2 aromatic carbocycles. The van der Waals surface area contributed by atoms with Crippen molar-refractivity contribution >= 4 is 10.9 Å². The number of methoxy groups -OCH3 is 1. The maximum absolute atomic E-state index is 5.90. The molecule has 0 aliphatic rings. The summed E-state index contributed by atoms with van der Waals surface area (Å²) in [6, 6.07) is 17.8. The Morgan fingerprint density at radius 3 is 2.39 bits per heavy atom. The molecule has 4 rings (SSSR count). The molecule has 0 fully saturated rings. The van der Waals surface area contributed by atoms with Crippen LogP contribution >= 0.6 is 0 Å². The van der Waals surface area contributed by atoms with Gasteiger partial charge in [-0.3, -0.25) is 4.98 Å². The van der Waals surface area contributed by atoms with Crippen molar-refractivity contribution < 1.29 is 14.2 Å². The number of pyridine rings is 1. The van der Waals surface area contributed by atoms with E-state index in [1.54, 1.807) is 13.3 Å². The summed E-state index contributed by atoms with van der Waals surface area (Å²) in [6.45, 7) is 5.41. The highest BCUT2D eigenvalue weighted by Crippen LogP contribution is 2.31. The zero-order valence-corrected chi connectivity index (χ0v) is 18.0. The fraction of sp³-hybridized carbons (Fsp3) is 0.240. The predicted octanol–water partition coefficient (Wildman–Crippen LogP) is 4.91. The summed E-state index contributed by atoms with van der Waals surface area (Å²) >= 11 is 0. The second-order valence-corrected chi connectivity index (χ2v) is 7.28. The lowest BCUT2D eigenvalue weighted by atomic mass is 10.1. The number of nitrogens with zero attached hydrogens (tertiary/aromatic N) is 3. The van der Waals surface area contributed by atoms with Crippen LogP contribution < -0.4 is 9.47 Å². The number of benzene rings is 2. The summed E-state index contributed by atoms with van der Waals surface area (Å²) < 4.78 is 17.1. The first-order valence-corrected chi connectivity index (χ1v) is 10.2. The molecular formula is C25H25N3O3. The van der Waals surface area contributed by atoms with Gasteiger partial charge in [-0.15, -0.1) is 0 Å². The van der Waals surface area contributed by atoms with E-state index in [-0.39, 0.29) is 0 Å². The third-order valence-corrected chi connectivity index (χ3v) is 4.80. The van der Waals surface area contributed by atoms with Gasteiger partial charge in [-0.2, -0.15) is 0 Å². The average molecular weight is 415 g/mol. The molecule has 0 saturated carbocycles. The van der Waals surface area contributed by atoms with Crippen LogP contribution in [0.4, 0.5) is 0 Å². The molecule has 0 saturated heterocycles. The van der Waals surface area contributed by atoms with Gasteiger partial charge in [-0.05, 0) is 31.5 Å². The number of fused-ring (bicyclic) bond motifs is 1. The molecule has 0 bridgehead atoms. The van der Waals surface area contributed by atoms with Gasteiger partial charge in [-0.25, -0.2) is 9.97 Å². The number of aryl methyl sites for hydroxylation is 2. The van der Waals surface area contributed by atoms with Crippen LogP contribution in [-0.4, -0.2) is 35.3 Å². The minimum absolute atomic E-state index is 0.433. The van der Waals surface area contributed by atoms with Crippen molar-refractivity contribution in [3.05, 3.63) is 77.7 Å². The average Bonchev–Trinajstić information content (AvgIpc) is 2.78. The van der Waals surface area contributed by atoms with Crippen LogP contribution in [0, 0.1) is 13.8 Å². The van der Waals surface area contributed by atoms with E-state index in [0.29, 0.717) is 37.1 Å². The third kappa shape index (κ3) is 5.16. The van der Waals surface area contributed by atoms with E-state index in [1.165, 1.54) is 0 Å². The molecular weight excluding hydrogens is 390 g/mol. The predicted molar refractivity (Wildman–Crippen MR) is 120 cm³/mol. The number of ether oxygens (including phenoxy) is 3. The Balaban J connectivity index is 1.49. The van der Waals surface area contributed by atoms with Crippen molar-refractivity contribution in [1.82, 2.24) is 15.0 Å². The van der Waals surface area contributed by atoms with Crippen LogP contribution in [0.1, 0.15) is 17.0 Å². The molecule has 2 heterocycles. The van der Waals surface area contributed by atoms with E-state index in [2.05, 4.69) is 9.97 Å². The molecule has 6 nitrogen and oxygen atoms in total. The molecule has 2 aromatic heterocycles. The van der Waals surface area contributed by atoms with Gasteiger partial charge < -0.3 is 14.2 Å². The molecule has 158 valence electrons. The molecule has 0 aliphatic carbocycles. The highest BCUT2D eigenvalue weighted by molar-refractivity contribution is 5.87. The quantitative estimate of drug-likeness (QED) is 0.381. The molecule has 0 N–H and O–H groups in total. The van der Waals surface area contributed by atoms with Crippen molar-refractivity contribution in [2.45, 2.75) is 20.5 Å².